The first-order chi connectivity index (χ1) is 9.19. The average molecular weight is 261 g/mol. The fourth-order valence-electron chi connectivity index (χ4n) is 3.10. The van der Waals surface area contributed by atoms with Gasteiger partial charge in [-0.2, -0.15) is 0 Å². The van der Waals surface area contributed by atoms with E-state index in [1.54, 1.807) is 6.07 Å². The molecule has 1 aromatic rings. The molecule has 0 bridgehead atoms. The maximum atomic E-state index is 12.4. The molecular weight excluding hydrogens is 242 g/mol. The maximum absolute atomic E-state index is 12.4. The van der Waals surface area contributed by atoms with Gasteiger partial charge in [0.2, 0.25) is 0 Å². The van der Waals surface area contributed by atoms with Gasteiger partial charge in [-0.3, -0.25) is 4.79 Å². The number of amides is 1. The molecule has 4 nitrogen and oxygen atoms in total. The fraction of sp³-hybridized carbons (Fsp3) is 0.533. The summed E-state index contributed by atoms with van der Waals surface area (Å²) < 4.78 is 5.42. The Morgan fingerprint density at radius 2 is 2.32 bits per heavy atom. The predicted molar refractivity (Wildman–Crippen MR) is 71.1 cm³/mol. The molecule has 1 amide bonds. The van der Waals surface area contributed by atoms with Crippen molar-refractivity contribution < 1.29 is 14.6 Å². The van der Waals surface area contributed by atoms with Gasteiger partial charge in [0.15, 0.2) is 0 Å². The van der Waals surface area contributed by atoms with Crippen molar-refractivity contribution in [3.63, 3.8) is 0 Å². The van der Waals surface area contributed by atoms with Crippen LogP contribution in [0, 0.1) is 11.8 Å². The monoisotopic (exact) mass is 261 g/mol. The van der Waals surface area contributed by atoms with Crippen molar-refractivity contribution in [3.05, 3.63) is 29.8 Å². The summed E-state index contributed by atoms with van der Waals surface area (Å²) in [5.74, 6) is 1.56. The molecule has 0 spiro atoms. The number of aliphatic hydroxyl groups is 1. The summed E-state index contributed by atoms with van der Waals surface area (Å²) >= 11 is 0. The third-order valence-corrected chi connectivity index (χ3v) is 4.21. The van der Waals surface area contributed by atoms with Crippen molar-refractivity contribution in [2.75, 3.05) is 19.7 Å². The molecule has 0 aromatic heterocycles. The summed E-state index contributed by atoms with van der Waals surface area (Å²) in [6.07, 6.45) is 0.630. The quantitative estimate of drug-likeness (QED) is 0.898. The van der Waals surface area contributed by atoms with Crippen LogP contribution >= 0.6 is 0 Å². The zero-order valence-corrected chi connectivity index (χ0v) is 11.1. The smallest absolute Gasteiger partial charge is 0.254 e. The highest BCUT2D eigenvalue weighted by atomic mass is 16.5. The van der Waals surface area contributed by atoms with Crippen molar-refractivity contribution in [1.82, 2.24) is 4.90 Å². The number of fused-ring (bicyclic) bond motifs is 1. The van der Waals surface area contributed by atoms with Gasteiger partial charge in [-0.05, 0) is 37.5 Å². The first-order valence-corrected chi connectivity index (χ1v) is 6.89. The summed E-state index contributed by atoms with van der Waals surface area (Å²) in [5, 5.41) is 9.64. The van der Waals surface area contributed by atoms with Crippen LogP contribution in [0.4, 0.5) is 0 Å². The molecule has 3 rings (SSSR count). The van der Waals surface area contributed by atoms with E-state index >= 15 is 0 Å². The van der Waals surface area contributed by atoms with E-state index in [2.05, 4.69) is 0 Å². The Bertz CT molecular complexity index is 488. The van der Waals surface area contributed by atoms with Crippen LogP contribution in [0.15, 0.2) is 24.3 Å². The second kappa shape index (κ2) is 4.85. The van der Waals surface area contributed by atoms with E-state index in [1.807, 2.05) is 30.0 Å². The second-order valence-electron chi connectivity index (χ2n) is 5.40. The number of aliphatic hydroxyl groups excluding tert-OH is 1. The fourth-order valence-corrected chi connectivity index (χ4v) is 3.10. The lowest BCUT2D eigenvalue weighted by molar-refractivity contribution is -0.00427. The number of rotatable bonds is 3. The van der Waals surface area contributed by atoms with Crippen molar-refractivity contribution in [2.24, 2.45) is 11.8 Å². The number of hydrogen-bond donors (Lipinski definition) is 1. The number of ether oxygens (including phenoxy) is 1. The lowest BCUT2D eigenvalue weighted by atomic mass is 9.74. The number of likely N-dealkylation sites (tertiary alicyclic amines) is 1. The Kier molecular flexibility index (Phi) is 3.19. The minimum atomic E-state index is -0.211. The van der Waals surface area contributed by atoms with Gasteiger partial charge in [-0.15, -0.1) is 0 Å². The van der Waals surface area contributed by atoms with Crippen LogP contribution < -0.4 is 4.74 Å². The van der Waals surface area contributed by atoms with Gasteiger partial charge in [-0.25, -0.2) is 0 Å². The molecule has 1 saturated heterocycles. The number of hydrogen-bond acceptors (Lipinski definition) is 3. The van der Waals surface area contributed by atoms with Gasteiger partial charge in [0, 0.05) is 24.6 Å². The Hall–Kier alpha value is -1.55. The van der Waals surface area contributed by atoms with E-state index in [0.717, 1.165) is 18.7 Å². The number of nitrogens with zero attached hydrogens (tertiary/aromatic N) is 1. The molecule has 2 fully saturated rings. The highest BCUT2D eigenvalue weighted by Gasteiger charge is 2.47. The van der Waals surface area contributed by atoms with E-state index < -0.39 is 0 Å². The van der Waals surface area contributed by atoms with E-state index in [-0.39, 0.29) is 12.0 Å². The molecule has 102 valence electrons. The van der Waals surface area contributed by atoms with Gasteiger partial charge in [-0.1, -0.05) is 6.07 Å². The maximum Gasteiger partial charge on any atom is 0.254 e. The summed E-state index contributed by atoms with van der Waals surface area (Å²) in [6.45, 7) is 3.98. The number of carbonyl (C=O) groups excluding carboxylic acids is 1. The van der Waals surface area contributed by atoms with Gasteiger partial charge < -0.3 is 14.7 Å². The summed E-state index contributed by atoms with van der Waals surface area (Å²) in [5.41, 5.74) is 0.668. The molecule has 1 heterocycles. The molecule has 1 aliphatic heterocycles. The minimum absolute atomic E-state index is 0.0446. The lowest BCUT2D eigenvalue weighted by Crippen LogP contribution is -2.39. The van der Waals surface area contributed by atoms with Crippen molar-refractivity contribution in [1.29, 1.82) is 0 Å². The first-order valence-electron chi connectivity index (χ1n) is 6.89. The molecule has 1 N–H and O–H groups in total. The van der Waals surface area contributed by atoms with Crippen molar-refractivity contribution >= 4 is 5.91 Å². The van der Waals surface area contributed by atoms with Crippen LogP contribution in [0.3, 0.4) is 0 Å². The Morgan fingerprint density at radius 3 is 3.00 bits per heavy atom. The normalized spacial score (nSPS) is 28.7. The molecule has 4 heteroatoms. The van der Waals surface area contributed by atoms with Gasteiger partial charge in [0.1, 0.15) is 5.75 Å². The van der Waals surface area contributed by atoms with Crippen molar-refractivity contribution in [3.8, 4) is 5.75 Å². The van der Waals surface area contributed by atoms with E-state index in [9.17, 15) is 9.90 Å². The number of carbonyl (C=O) groups is 1. The summed E-state index contributed by atoms with van der Waals surface area (Å²) in [6, 6.07) is 7.32. The van der Waals surface area contributed by atoms with E-state index in [4.69, 9.17) is 4.74 Å². The van der Waals surface area contributed by atoms with Crippen LogP contribution in [0.1, 0.15) is 23.7 Å². The molecule has 3 atom stereocenters. The van der Waals surface area contributed by atoms with Crippen LogP contribution in [0.5, 0.6) is 5.75 Å². The minimum Gasteiger partial charge on any atom is -0.494 e. The van der Waals surface area contributed by atoms with E-state index in [1.165, 1.54) is 0 Å². The van der Waals surface area contributed by atoms with Crippen molar-refractivity contribution in [2.45, 2.75) is 19.4 Å². The number of benzene rings is 1. The van der Waals surface area contributed by atoms with Crippen LogP contribution in [0.25, 0.3) is 0 Å². The molecule has 0 radical (unpaired) electrons. The van der Waals surface area contributed by atoms with Crippen LogP contribution in [-0.4, -0.2) is 41.7 Å². The Labute approximate surface area is 113 Å². The average Bonchev–Trinajstić information content (AvgIpc) is 2.76. The topological polar surface area (TPSA) is 49.8 Å². The highest BCUT2D eigenvalue weighted by molar-refractivity contribution is 5.94. The van der Waals surface area contributed by atoms with Crippen LogP contribution in [0.2, 0.25) is 0 Å². The predicted octanol–water partition coefficient (Wildman–Crippen LogP) is 1.54. The molecule has 0 unspecified atom stereocenters. The van der Waals surface area contributed by atoms with Gasteiger partial charge in [0.25, 0.3) is 5.91 Å². The second-order valence-corrected chi connectivity index (χ2v) is 5.40. The molecular formula is C15H19NO3. The van der Waals surface area contributed by atoms with Crippen LogP contribution in [-0.2, 0) is 0 Å². The zero-order chi connectivity index (χ0) is 13.4. The molecule has 1 aliphatic carbocycles. The Balaban J connectivity index is 1.72. The molecule has 1 saturated carbocycles. The molecule has 19 heavy (non-hydrogen) atoms. The summed E-state index contributed by atoms with van der Waals surface area (Å²) in [4.78, 5) is 14.3. The zero-order valence-electron chi connectivity index (χ0n) is 11.1. The molecule has 2 aliphatic rings. The molecule has 1 aromatic carbocycles. The van der Waals surface area contributed by atoms with E-state index in [0.29, 0.717) is 30.6 Å². The first kappa shape index (κ1) is 12.5. The Morgan fingerprint density at radius 1 is 1.47 bits per heavy atom. The highest BCUT2D eigenvalue weighted by Crippen LogP contribution is 2.41. The van der Waals surface area contributed by atoms with Gasteiger partial charge >= 0.3 is 0 Å². The standard InChI is InChI=1S/C15H19NO3/c1-2-19-12-5-3-4-10(6-12)15(18)16-8-11-7-14(17)13(11)9-16/h3-6,11,13-14,17H,2,7-9H2,1H3/t11-,13+,14-/m0/s1. The lowest BCUT2D eigenvalue weighted by Gasteiger charge is -2.34. The SMILES string of the molecule is CCOc1cccc(C(=O)N2C[C@@H]3C[C@H](O)[C@@H]3C2)c1. The largest absolute Gasteiger partial charge is 0.494 e. The summed E-state index contributed by atoms with van der Waals surface area (Å²) in [7, 11) is 0. The van der Waals surface area contributed by atoms with Gasteiger partial charge in [0.05, 0.1) is 12.7 Å². The third-order valence-electron chi connectivity index (χ3n) is 4.21. The third kappa shape index (κ3) is 2.21.